The summed E-state index contributed by atoms with van der Waals surface area (Å²) >= 11 is 0. The van der Waals surface area contributed by atoms with E-state index in [9.17, 15) is 4.79 Å². The van der Waals surface area contributed by atoms with Crippen molar-refractivity contribution in [2.45, 2.75) is 82.6 Å². The van der Waals surface area contributed by atoms with Crippen LogP contribution in [0.1, 0.15) is 94.3 Å². The zero-order valence-corrected chi connectivity index (χ0v) is 14.9. The van der Waals surface area contributed by atoms with Crippen molar-refractivity contribution < 1.29 is 14.5 Å². The zero-order valence-electron chi connectivity index (χ0n) is 14.9. The third kappa shape index (κ3) is 5.25. The summed E-state index contributed by atoms with van der Waals surface area (Å²) in [5, 5.41) is 16.3. The summed E-state index contributed by atoms with van der Waals surface area (Å²) in [7, 11) is 0. The third-order valence-electron chi connectivity index (χ3n) is 5.62. The van der Waals surface area contributed by atoms with E-state index >= 15 is 0 Å². The highest BCUT2D eigenvalue weighted by atomic mass is 16.5. The number of hydrogen-bond acceptors (Lipinski definition) is 6. The Morgan fingerprint density at radius 3 is 2.84 bits per heavy atom. The van der Waals surface area contributed by atoms with Crippen LogP contribution in [0.4, 0.5) is 0 Å². The molecule has 1 saturated heterocycles. The zero-order chi connectivity index (χ0) is 17.5. The van der Waals surface area contributed by atoms with Gasteiger partial charge in [-0.2, -0.15) is 4.98 Å². The molecule has 2 fully saturated rings. The highest BCUT2D eigenvalue weighted by molar-refractivity contribution is 5.75. The molecule has 3 N–H and O–H groups in total. The topological polar surface area (TPSA) is 100 Å². The van der Waals surface area contributed by atoms with Crippen molar-refractivity contribution in [3.8, 4) is 0 Å². The predicted octanol–water partition coefficient (Wildman–Crippen LogP) is 3.22. The fourth-order valence-electron chi connectivity index (χ4n) is 4.17. The molecule has 1 aliphatic heterocycles. The van der Waals surface area contributed by atoms with Crippen LogP contribution in [-0.2, 0) is 4.79 Å². The maximum Gasteiger partial charge on any atom is 0.244 e. The highest BCUT2D eigenvalue weighted by Crippen LogP contribution is 2.31. The van der Waals surface area contributed by atoms with E-state index in [4.69, 9.17) is 9.73 Å². The predicted molar refractivity (Wildman–Crippen MR) is 92.0 cm³/mol. The Kier molecular flexibility index (Phi) is 6.81. The molecular weight excluding hydrogens is 320 g/mol. The average Bonchev–Trinajstić information content (AvgIpc) is 3.33. The smallest absolute Gasteiger partial charge is 0.244 e. The van der Waals surface area contributed by atoms with Crippen LogP contribution in [0, 0.1) is 5.92 Å². The molecule has 0 spiro atoms. The van der Waals surface area contributed by atoms with Crippen molar-refractivity contribution in [1.82, 2.24) is 20.9 Å². The first-order valence-corrected chi connectivity index (χ1v) is 9.76. The molecule has 1 aromatic heterocycles. The lowest BCUT2D eigenvalue weighted by Gasteiger charge is -2.22. The Labute approximate surface area is 148 Å². The molecule has 7 nitrogen and oxygen atoms in total. The van der Waals surface area contributed by atoms with Crippen LogP contribution in [0.25, 0.3) is 0 Å². The second-order valence-electron chi connectivity index (χ2n) is 7.51. The second-order valence-corrected chi connectivity index (χ2v) is 7.51. The van der Waals surface area contributed by atoms with Gasteiger partial charge in [-0.15, -0.1) is 0 Å². The molecule has 0 unspecified atom stereocenters. The van der Waals surface area contributed by atoms with Gasteiger partial charge in [0.15, 0.2) is 5.82 Å². The van der Waals surface area contributed by atoms with E-state index < -0.39 is 5.91 Å². The van der Waals surface area contributed by atoms with Gasteiger partial charge in [0, 0.05) is 12.3 Å². The molecule has 0 radical (unpaired) electrons. The van der Waals surface area contributed by atoms with Gasteiger partial charge in [-0.25, -0.2) is 5.48 Å². The first-order chi connectivity index (χ1) is 12.3. The van der Waals surface area contributed by atoms with E-state index in [-0.39, 0.29) is 18.4 Å². The number of amides is 1. The second kappa shape index (κ2) is 9.29. The number of carbonyl (C=O) groups excluding carboxylic acids is 1. The minimum Gasteiger partial charge on any atom is -0.339 e. The summed E-state index contributed by atoms with van der Waals surface area (Å²) < 4.78 is 5.46. The summed E-state index contributed by atoms with van der Waals surface area (Å²) in [5.41, 5.74) is 1.73. The van der Waals surface area contributed by atoms with E-state index in [0.29, 0.717) is 11.7 Å². The summed E-state index contributed by atoms with van der Waals surface area (Å²) in [4.78, 5) is 16.2. The highest BCUT2D eigenvalue weighted by Gasteiger charge is 2.26. The molecule has 25 heavy (non-hydrogen) atoms. The van der Waals surface area contributed by atoms with Gasteiger partial charge in [0.25, 0.3) is 0 Å². The molecule has 3 rings (SSSR count). The minimum absolute atomic E-state index is 0.126. The van der Waals surface area contributed by atoms with Crippen LogP contribution in [0.2, 0.25) is 0 Å². The number of rotatable bonds is 8. The summed E-state index contributed by atoms with van der Waals surface area (Å²) in [6.45, 7) is 0.978. The van der Waals surface area contributed by atoms with Gasteiger partial charge in [0.1, 0.15) is 0 Å². The molecule has 2 heterocycles. The van der Waals surface area contributed by atoms with Crippen LogP contribution in [0.5, 0.6) is 0 Å². The van der Waals surface area contributed by atoms with Crippen molar-refractivity contribution >= 4 is 5.91 Å². The van der Waals surface area contributed by atoms with Crippen LogP contribution >= 0.6 is 0 Å². The average molecular weight is 350 g/mol. The van der Waals surface area contributed by atoms with Crippen LogP contribution in [-0.4, -0.2) is 27.8 Å². The van der Waals surface area contributed by atoms with Gasteiger partial charge in [-0.1, -0.05) is 50.1 Å². The van der Waals surface area contributed by atoms with Gasteiger partial charge in [0.2, 0.25) is 11.8 Å². The molecule has 1 aromatic rings. The number of aromatic nitrogens is 2. The number of hydrogen-bond donors (Lipinski definition) is 3. The van der Waals surface area contributed by atoms with Crippen molar-refractivity contribution in [2.75, 3.05) is 6.54 Å². The molecule has 2 atom stereocenters. The summed E-state index contributed by atoms with van der Waals surface area (Å²) in [6.07, 6.45) is 12.1. The number of carbonyl (C=O) groups is 1. The SMILES string of the molecule is O=C(C[C@@H](CCCC1CCCCC1)c1nc([C@@H]2CCCN2)no1)NO. The molecule has 7 heteroatoms. The first-order valence-electron chi connectivity index (χ1n) is 9.76. The lowest BCUT2D eigenvalue weighted by atomic mass is 9.84. The fourth-order valence-corrected chi connectivity index (χ4v) is 4.17. The van der Waals surface area contributed by atoms with E-state index in [1.165, 1.54) is 38.5 Å². The number of hydroxylamine groups is 1. The van der Waals surface area contributed by atoms with Crippen LogP contribution < -0.4 is 10.8 Å². The van der Waals surface area contributed by atoms with Crippen molar-refractivity contribution in [3.63, 3.8) is 0 Å². The van der Waals surface area contributed by atoms with E-state index in [1.807, 2.05) is 0 Å². The molecule has 2 aliphatic rings. The Morgan fingerprint density at radius 1 is 1.28 bits per heavy atom. The quantitative estimate of drug-likeness (QED) is 0.492. The monoisotopic (exact) mass is 350 g/mol. The fraction of sp³-hybridized carbons (Fsp3) is 0.833. The van der Waals surface area contributed by atoms with Crippen LogP contribution in [0.15, 0.2) is 4.52 Å². The number of nitrogens with one attached hydrogen (secondary N) is 2. The van der Waals surface area contributed by atoms with Crippen molar-refractivity contribution in [2.24, 2.45) is 5.92 Å². The Balaban J connectivity index is 1.57. The maximum atomic E-state index is 11.7. The first kappa shape index (κ1) is 18.3. The molecule has 1 amide bonds. The van der Waals surface area contributed by atoms with Gasteiger partial charge in [-0.05, 0) is 31.7 Å². The van der Waals surface area contributed by atoms with Gasteiger partial charge in [0.05, 0.1) is 6.04 Å². The molecule has 140 valence electrons. The van der Waals surface area contributed by atoms with Crippen molar-refractivity contribution in [1.29, 1.82) is 0 Å². The standard InChI is InChI=1S/C18H30N4O3/c23-16(21-24)12-14(9-4-8-13-6-2-1-3-7-13)18-20-17(22-25-18)15-10-5-11-19-15/h13-15,19,24H,1-12H2,(H,21,23)/t14-,15+/m1/s1. The molecule has 0 bridgehead atoms. The van der Waals surface area contributed by atoms with Gasteiger partial charge < -0.3 is 9.84 Å². The van der Waals surface area contributed by atoms with E-state index in [0.717, 1.165) is 38.1 Å². The Hall–Kier alpha value is -1.47. The lowest BCUT2D eigenvalue weighted by molar-refractivity contribution is -0.129. The number of nitrogens with zero attached hydrogens (tertiary/aromatic N) is 2. The molecule has 1 aliphatic carbocycles. The molecule has 0 aromatic carbocycles. The summed E-state index contributed by atoms with van der Waals surface area (Å²) in [5.74, 6) is 1.51. The Bertz CT molecular complexity index is 536. The van der Waals surface area contributed by atoms with E-state index in [1.54, 1.807) is 5.48 Å². The minimum atomic E-state index is -0.401. The lowest BCUT2D eigenvalue weighted by Crippen LogP contribution is -2.21. The largest absolute Gasteiger partial charge is 0.339 e. The van der Waals surface area contributed by atoms with Gasteiger partial charge in [-0.3, -0.25) is 10.0 Å². The normalized spacial score (nSPS) is 22.8. The molecular formula is C18H30N4O3. The van der Waals surface area contributed by atoms with Crippen molar-refractivity contribution in [3.05, 3.63) is 11.7 Å². The van der Waals surface area contributed by atoms with Crippen LogP contribution in [0.3, 0.4) is 0 Å². The van der Waals surface area contributed by atoms with E-state index in [2.05, 4.69) is 15.5 Å². The molecule has 1 saturated carbocycles. The van der Waals surface area contributed by atoms with Gasteiger partial charge >= 0.3 is 0 Å². The third-order valence-corrected chi connectivity index (χ3v) is 5.62. The summed E-state index contributed by atoms with van der Waals surface area (Å²) in [6, 6.07) is 0.159. The maximum absolute atomic E-state index is 11.7. The Morgan fingerprint density at radius 2 is 2.12 bits per heavy atom.